The van der Waals surface area contributed by atoms with E-state index in [1.165, 1.54) is 0 Å². The van der Waals surface area contributed by atoms with E-state index in [2.05, 4.69) is 4.98 Å². The molecule has 0 fully saturated rings. The van der Waals surface area contributed by atoms with Crippen LogP contribution in [0.5, 0.6) is 0 Å². The summed E-state index contributed by atoms with van der Waals surface area (Å²) in [6.07, 6.45) is 0. The lowest BCUT2D eigenvalue weighted by atomic mass is 10.1. The first-order valence-electron chi connectivity index (χ1n) is 4.47. The van der Waals surface area contributed by atoms with Crippen molar-refractivity contribution in [2.24, 2.45) is 0 Å². The highest BCUT2D eigenvalue weighted by Crippen LogP contribution is 2.27. The Morgan fingerprint density at radius 3 is 2.50 bits per heavy atom. The first kappa shape index (κ1) is 8.81. The van der Waals surface area contributed by atoms with Crippen molar-refractivity contribution in [2.75, 3.05) is 5.73 Å². The fourth-order valence-electron chi connectivity index (χ4n) is 1.49. The molecule has 3 nitrogen and oxygen atoms in total. The average molecular weight is 188 g/mol. The summed E-state index contributed by atoms with van der Waals surface area (Å²) >= 11 is 0. The molecule has 0 aliphatic rings. The molecule has 0 amide bonds. The van der Waals surface area contributed by atoms with E-state index in [-0.39, 0.29) is 0 Å². The molecule has 2 rings (SSSR count). The van der Waals surface area contributed by atoms with E-state index in [0.29, 0.717) is 5.89 Å². The third-order valence-corrected chi connectivity index (χ3v) is 2.12. The number of nitrogen functional groups attached to an aromatic ring is 1. The Morgan fingerprint density at radius 1 is 1.21 bits per heavy atom. The van der Waals surface area contributed by atoms with Crippen LogP contribution in [-0.4, -0.2) is 4.98 Å². The lowest BCUT2D eigenvalue weighted by Gasteiger charge is -2.01. The summed E-state index contributed by atoms with van der Waals surface area (Å²) in [7, 11) is 0. The minimum absolute atomic E-state index is 0.667. The summed E-state index contributed by atoms with van der Waals surface area (Å²) in [5.74, 6) is 1.47. The third kappa shape index (κ3) is 1.37. The molecule has 2 N–H and O–H groups in total. The molecule has 0 spiro atoms. The van der Waals surface area contributed by atoms with Gasteiger partial charge < -0.3 is 10.2 Å². The number of nitrogens with zero attached hydrogens (tertiary/aromatic N) is 1. The fraction of sp³-hybridized carbons (Fsp3) is 0.182. The lowest BCUT2D eigenvalue weighted by molar-refractivity contribution is 0.495. The third-order valence-electron chi connectivity index (χ3n) is 2.12. The van der Waals surface area contributed by atoms with E-state index in [9.17, 15) is 0 Å². The minimum atomic E-state index is 0.667. The number of nitrogens with two attached hydrogens (primary N) is 1. The number of oxazole rings is 1. The maximum atomic E-state index is 5.85. The minimum Gasteiger partial charge on any atom is -0.446 e. The van der Waals surface area contributed by atoms with Crippen molar-refractivity contribution in [1.82, 2.24) is 4.98 Å². The molecule has 3 heteroatoms. The number of anilines is 1. The molecule has 2 aromatic rings. The zero-order valence-corrected chi connectivity index (χ0v) is 8.24. The molecular formula is C11H12N2O. The van der Waals surface area contributed by atoms with E-state index in [4.69, 9.17) is 10.2 Å². The normalized spacial score (nSPS) is 10.4. The largest absolute Gasteiger partial charge is 0.446 e. The van der Waals surface area contributed by atoms with Gasteiger partial charge in [0.2, 0.25) is 0 Å². The van der Waals surface area contributed by atoms with E-state index in [0.717, 1.165) is 22.7 Å². The molecule has 0 saturated carbocycles. The van der Waals surface area contributed by atoms with Crippen LogP contribution in [-0.2, 0) is 0 Å². The van der Waals surface area contributed by atoms with Crippen LogP contribution in [0.4, 0.5) is 5.69 Å². The van der Waals surface area contributed by atoms with Gasteiger partial charge in [-0.05, 0) is 13.0 Å². The van der Waals surface area contributed by atoms with E-state index in [1.807, 2.05) is 38.1 Å². The Balaban J connectivity index is 2.60. The Bertz CT molecular complexity index is 460. The predicted octanol–water partition coefficient (Wildman–Crippen LogP) is 2.54. The van der Waals surface area contributed by atoms with Gasteiger partial charge in [0.05, 0.1) is 0 Å². The Kier molecular flexibility index (Phi) is 2.00. The van der Waals surface area contributed by atoms with Crippen LogP contribution in [0.25, 0.3) is 11.3 Å². The molecule has 14 heavy (non-hydrogen) atoms. The smallest absolute Gasteiger partial charge is 0.191 e. The summed E-state index contributed by atoms with van der Waals surface area (Å²) < 4.78 is 5.36. The second kappa shape index (κ2) is 3.18. The Morgan fingerprint density at radius 2 is 1.93 bits per heavy atom. The number of aryl methyl sites for hydroxylation is 2. The lowest BCUT2D eigenvalue weighted by Crippen LogP contribution is -1.90. The average Bonchev–Trinajstić information content (AvgIpc) is 2.46. The highest BCUT2D eigenvalue weighted by Gasteiger charge is 2.10. The standard InChI is InChI=1S/C11H12N2O/c1-7-11(13-8(2)14-7)9-5-3-4-6-10(9)12/h3-6H,12H2,1-2H3. The van der Waals surface area contributed by atoms with Gasteiger partial charge >= 0.3 is 0 Å². The van der Waals surface area contributed by atoms with Crippen molar-refractivity contribution in [3.05, 3.63) is 35.9 Å². The van der Waals surface area contributed by atoms with Gasteiger partial charge in [0.15, 0.2) is 5.89 Å². The number of benzene rings is 1. The first-order valence-corrected chi connectivity index (χ1v) is 4.47. The van der Waals surface area contributed by atoms with Gasteiger partial charge in [-0.25, -0.2) is 4.98 Å². The number of rotatable bonds is 1. The summed E-state index contributed by atoms with van der Waals surface area (Å²) in [5.41, 5.74) is 8.34. The predicted molar refractivity (Wildman–Crippen MR) is 55.8 cm³/mol. The second-order valence-electron chi connectivity index (χ2n) is 3.22. The van der Waals surface area contributed by atoms with Crippen LogP contribution in [0.15, 0.2) is 28.7 Å². The molecule has 0 saturated heterocycles. The molecular weight excluding hydrogens is 176 g/mol. The van der Waals surface area contributed by atoms with Crippen molar-refractivity contribution in [3.8, 4) is 11.3 Å². The zero-order chi connectivity index (χ0) is 10.1. The van der Waals surface area contributed by atoms with Gasteiger partial charge in [0.25, 0.3) is 0 Å². The number of hydrogen-bond acceptors (Lipinski definition) is 3. The monoisotopic (exact) mass is 188 g/mol. The highest BCUT2D eigenvalue weighted by molar-refractivity contribution is 5.74. The Hall–Kier alpha value is -1.77. The molecule has 72 valence electrons. The molecule has 1 heterocycles. The van der Waals surface area contributed by atoms with Crippen LogP contribution in [0.3, 0.4) is 0 Å². The number of aromatic nitrogens is 1. The van der Waals surface area contributed by atoms with E-state index < -0.39 is 0 Å². The second-order valence-corrected chi connectivity index (χ2v) is 3.22. The molecule has 0 aliphatic heterocycles. The quantitative estimate of drug-likeness (QED) is 0.699. The van der Waals surface area contributed by atoms with Crippen molar-refractivity contribution in [1.29, 1.82) is 0 Å². The molecule has 0 atom stereocenters. The van der Waals surface area contributed by atoms with Gasteiger partial charge in [0.1, 0.15) is 11.5 Å². The maximum absolute atomic E-state index is 5.85. The molecule has 0 bridgehead atoms. The number of para-hydroxylation sites is 1. The van der Waals surface area contributed by atoms with Gasteiger partial charge in [-0.15, -0.1) is 0 Å². The van der Waals surface area contributed by atoms with Crippen LogP contribution in [0.1, 0.15) is 11.7 Å². The summed E-state index contributed by atoms with van der Waals surface area (Å²) in [5, 5.41) is 0. The van der Waals surface area contributed by atoms with Gasteiger partial charge in [-0.3, -0.25) is 0 Å². The van der Waals surface area contributed by atoms with Crippen LogP contribution in [0, 0.1) is 13.8 Å². The zero-order valence-electron chi connectivity index (χ0n) is 8.24. The Labute approximate surface area is 82.6 Å². The van der Waals surface area contributed by atoms with Crippen molar-refractivity contribution >= 4 is 5.69 Å². The summed E-state index contributed by atoms with van der Waals surface area (Å²) in [4.78, 5) is 4.29. The number of hydrogen-bond donors (Lipinski definition) is 1. The topological polar surface area (TPSA) is 52.0 Å². The van der Waals surface area contributed by atoms with Gasteiger partial charge in [-0.1, -0.05) is 18.2 Å². The molecule has 1 aromatic carbocycles. The molecule has 0 aliphatic carbocycles. The summed E-state index contributed by atoms with van der Waals surface area (Å²) in [6, 6.07) is 7.65. The maximum Gasteiger partial charge on any atom is 0.191 e. The van der Waals surface area contributed by atoms with E-state index in [1.54, 1.807) is 0 Å². The van der Waals surface area contributed by atoms with Crippen molar-refractivity contribution < 1.29 is 4.42 Å². The first-order chi connectivity index (χ1) is 6.68. The molecule has 0 radical (unpaired) electrons. The summed E-state index contributed by atoms with van der Waals surface area (Å²) in [6.45, 7) is 3.72. The van der Waals surface area contributed by atoms with Crippen molar-refractivity contribution in [2.45, 2.75) is 13.8 Å². The highest BCUT2D eigenvalue weighted by atomic mass is 16.4. The van der Waals surface area contributed by atoms with Crippen LogP contribution >= 0.6 is 0 Å². The van der Waals surface area contributed by atoms with Crippen LogP contribution < -0.4 is 5.73 Å². The SMILES string of the molecule is Cc1nc(-c2ccccc2N)c(C)o1. The molecule has 1 aromatic heterocycles. The van der Waals surface area contributed by atoms with Gasteiger partial charge in [-0.2, -0.15) is 0 Å². The fourth-order valence-corrected chi connectivity index (χ4v) is 1.49. The molecule has 0 unspecified atom stereocenters. The van der Waals surface area contributed by atoms with Gasteiger partial charge in [0, 0.05) is 18.2 Å². The van der Waals surface area contributed by atoms with E-state index >= 15 is 0 Å². The van der Waals surface area contributed by atoms with Crippen LogP contribution in [0.2, 0.25) is 0 Å². The van der Waals surface area contributed by atoms with Crippen molar-refractivity contribution in [3.63, 3.8) is 0 Å².